The molecule has 0 saturated carbocycles. The summed E-state index contributed by atoms with van der Waals surface area (Å²) < 4.78 is 16.7. The van der Waals surface area contributed by atoms with Crippen LogP contribution in [0.15, 0.2) is 109 Å². The third kappa shape index (κ3) is 12.9. The number of rotatable bonds is 10. The summed E-state index contributed by atoms with van der Waals surface area (Å²) in [5.74, 6) is 0. The fourth-order valence-electron chi connectivity index (χ4n) is 5.99. The number of hydrogen-bond donors (Lipinski definition) is 13. The van der Waals surface area contributed by atoms with E-state index in [0.29, 0.717) is 28.3 Å². The molecule has 6 rings (SSSR count). The van der Waals surface area contributed by atoms with Gasteiger partial charge in [-0.1, -0.05) is 48.5 Å². The Morgan fingerprint density at radius 3 is 1.45 bits per heavy atom. The number of urea groups is 2. The van der Waals surface area contributed by atoms with E-state index in [-0.39, 0.29) is 12.5 Å². The summed E-state index contributed by atoms with van der Waals surface area (Å²) in [4.78, 5) is 23.8. The lowest BCUT2D eigenvalue weighted by molar-refractivity contribution is -0.342. The van der Waals surface area contributed by atoms with E-state index in [9.17, 15) is 45.3 Å². The lowest BCUT2D eigenvalue weighted by Gasteiger charge is -2.46. The Labute approximate surface area is 334 Å². The Hall–Kier alpha value is -5.22. The minimum absolute atomic E-state index is 0.151. The molecule has 0 bridgehead atoms. The summed E-state index contributed by atoms with van der Waals surface area (Å²) in [6.45, 7) is -1.28. The number of nitrogens with one attached hydrogen (secondary N) is 4. The van der Waals surface area contributed by atoms with E-state index < -0.39 is 80.5 Å². The molecule has 14 N–H and O–H groups in total. The van der Waals surface area contributed by atoms with Gasteiger partial charge in [0.15, 0.2) is 6.29 Å². The van der Waals surface area contributed by atoms with Gasteiger partial charge >= 0.3 is 12.1 Å². The number of carbonyl (C=O) groups excluding carboxylic acids is 2. The quantitative estimate of drug-likeness (QED) is 0.0998. The molecule has 2 aliphatic rings. The summed E-state index contributed by atoms with van der Waals surface area (Å²) in [5.41, 5.74) is 9.55. The molecule has 2 saturated heterocycles. The number of para-hydroxylation sites is 2. The van der Waals surface area contributed by atoms with Crippen LogP contribution >= 0.6 is 0 Å². The van der Waals surface area contributed by atoms with Crippen LogP contribution in [0.5, 0.6) is 0 Å². The number of ether oxygens (including phenoxy) is 3. The van der Waals surface area contributed by atoms with Gasteiger partial charge in [-0.25, -0.2) is 9.59 Å². The fourth-order valence-corrected chi connectivity index (χ4v) is 5.99. The van der Waals surface area contributed by atoms with Crippen molar-refractivity contribution in [1.29, 1.82) is 0 Å². The van der Waals surface area contributed by atoms with Crippen LogP contribution in [0, 0.1) is 0 Å². The molecule has 0 spiro atoms. The molecule has 4 amide bonds. The monoisotopic (exact) mass is 809 g/mol. The average Bonchev–Trinajstić information content (AvgIpc) is 3.23. The number of benzene rings is 4. The van der Waals surface area contributed by atoms with Gasteiger partial charge in [0.2, 0.25) is 0 Å². The topological polar surface area (TPSA) is 298 Å². The maximum atomic E-state index is 12.2. The average molecular weight is 810 g/mol. The van der Waals surface area contributed by atoms with Crippen LogP contribution in [0.2, 0.25) is 0 Å². The van der Waals surface area contributed by atoms with Gasteiger partial charge in [0.1, 0.15) is 48.8 Å². The molecule has 2 aliphatic heterocycles. The minimum atomic E-state index is -1.73. The van der Waals surface area contributed by atoms with Crippen LogP contribution in [0.1, 0.15) is 5.56 Å². The van der Waals surface area contributed by atoms with E-state index in [1.807, 2.05) is 36.4 Å². The second-order valence-corrected chi connectivity index (χ2v) is 13.1. The highest BCUT2D eigenvalue weighted by Crippen LogP contribution is 2.30. The van der Waals surface area contributed by atoms with Gasteiger partial charge in [-0.15, -0.1) is 0 Å². The van der Waals surface area contributed by atoms with E-state index in [0.717, 1.165) is 12.8 Å². The van der Waals surface area contributed by atoms with Crippen molar-refractivity contribution in [2.75, 3.05) is 47.3 Å². The molecule has 18 heteroatoms. The molecule has 18 nitrogen and oxygen atoms in total. The van der Waals surface area contributed by atoms with Gasteiger partial charge < -0.3 is 82.1 Å². The number of carbonyl (C=O) groups is 2. The molecule has 2 fully saturated rings. The van der Waals surface area contributed by atoms with Crippen LogP contribution < -0.4 is 27.0 Å². The number of nitrogen functional groups attached to an aromatic ring is 1. The minimum Gasteiger partial charge on any atom is -0.400 e. The molecular formula is C40H51N5O13. The first kappa shape index (κ1) is 45.5. The van der Waals surface area contributed by atoms with Gasteiger partial charge in [-0.3, -0.25) is 0 Å². The van der Waals surface area contributed by atoms with Crippen molar-refractivity contribution < 1.29 is 64.7 Å². The second kappa shape index (κ2) is 22.6. The number of nitrogens with two attached hydrogens (primary N) is 1. The van der Waals surface area contributed by atoms with Crippen LogP contribution in [-0.2, 0) is 20.6 Å². The highest BCUT2D eigenvalue weighted by molar-refractivity contribution is 6.00. The van der Waals surface area contributed by atoms with Crippen LogP contribution in [0.3, 0.4) is 0 Å². The molecule has 314 valence electrons. The summed E-state index contributed by atoms with van der Waals surface area (Å²) >= 11 is 0. The van der Waals surface area contributed by atoms with Crippen molar-refractivity contribution in [3.05, 3.63) is 115 Å². The molecular weight excluding hydrogens is 758 g/mol. The van der Waals surface area contributed by atoms with Gasteiger partial charge in [-0.2, -0.15) is 0 Å². The Balaban J connectivity index is 0.000000325. The van der Waals surface area contributed by atoms with E-state index in [2.05, 4.69) is 21.3 Å². The number of anilines is 5. The molecule has 2 heterocycles. The molecule has 58 heavy (non-hydrogen) atoms. The first-order valence-corrected chi connectivity index (χ1v) is 18.2. The third-order valence-electron chi connectivity index (χ3n) is 8.98. The van der Waals surface area contributed by atoms with Crippen molar-refractivity contribution in [1.82, 2.24) is 0 Å². The van der Waals surface area contributed by atoms with Gasteiger partial charge in [-0.05, 0) is 66.2 Å². The largest absolute Gasteiger partial charge is 0.400 e. The van der Waals surface area contributed by atoms with Crippen molar-refractivity contribution in [3.63, 3.8) is 0 Å². The third-order valence-corrected chi connectivity index (χ3v) is 8.98. The molecule has 0 aromatic heterocycles. The predicted octanol–water partition coefficient (Wildman–Crippen LogP) is 1.06. The standard InChI is InChI=1S/C26H34N2O11.C13H13N3O.CH4O/c29-11-17-20(32)21(33)23(35)25(38-17)39-24-18(12-30)37-16(19(31)22(24)34)10-13-6-8-15(9-7-13)28-26(36)27-14-4-2-1-3-5-14;14-10-6-8-12(9-7-10)16-13(17)15-11-4-2-1-3-5-11;1-2/h1-9,16-25,29-35H,10-12H2,(H2,27,28,36);1-9H,14H2,(H2,15,16,17);2H,1H3/t16-,17?,18?,19?,20-,21?,22+,23-,24+,25?;;/m0../s1. The SMILES string of the molecule is CO.Nc1ccc(NC(=O)Nc2ccccc2)cc1.O=C(Nc1ccccc1)Nc1ccc(C[C@@H]2OC(CO)[C@@H](OC3OC(CO)[C@H](O)C(O)[C@@H]3O)[C@H](O)C2O)cc1. The van der Waals surface area contributed by atoms with E-state index in [1.165, 1.54) is 0 Å². The zero-order valence-corrected chi connectivity index (χ0v) is 31.5. The Morgan fingerprint density at radius 1 is 0.552 bits per heavy atom. The summed E-state index contributed by atoms with van der Waals surface area (Å²) in [5, 5.41) is 88.8. The number of aliphatic hydroxyl groups excluding tert-OH is 8. The Morgan fingerprint density at radius 2 is 0.983 bits per heavy atom. The fraction of sp³-hybridized carbons (Fsp3) is 0.350. The number of amides is 4. The lowest BCUT2D eigenvalue weighted by atomic mass is 9.91. The van der Waals surface area contributed by atoms with Crippen molar-refractivity contribution in [2.45, 2.75) is 67.6 Å². The van der Waals surface area contributed by atoms with Crippen LogP contribution in [-0.4, -0.2) is 134 Å². The maximum absolute atomic E-state index is 12.2. The first-order chi connectivity index (χ1) is 27.9. The zero-order chi connectivity index (χ0) is 42.2. The van der Waals surface area contributed by atoms with Gasteiger partial charge in [0.25, 0.3) is 0 Å². The Kier molecular flexibility index (Phi) is 17.8. The molecule has 0 radical (unpaired) electrons. The molecule has 5 unspecified atom stereocenters. The summed E-state index contributed by atoms with van der Waals surface area (Å²) in [6.07, 6.45) is -14.2. The number of aliphatic hydroxyl groups is 8. The normalized spacial score (nSPS) is 26.4. The molecule has 4 aromatic rings. The van der Waals surface area contributed by atoms with Gasteiger partial charge in [0.05, 0.1) is 19.3 Å². The van der Waals surface area contributed by atoms with E-state index in [1.54, 1.807) is 72.8 Å². The van der Waals surface area contributed by atoms with Crippen molar-refractivity contribution >= 4 is 40.5 Å². The second-order valence-electron chi connectivity index (χ2n) is 13.1. The molecule has 10 atom stereocenters. The highest BCUT2D eigenvalue weighted by atomic mass is 16.7. The predicted molar refractivity (Wildman–Crippen MR) is 214 cm³/mol. The highest BCUT2D eigenvalue weighted by Gasteiger charge is 2.50. The zero-order valence-electron chi connectivity index (χ0n) is 31.5. The summed E-state index contributed by atoms with van der Waals surface area (Å²) in [7, 11) is 1.00. The smallest absolute Gasteiger partial charge is 0.323 e. The van der Waals surface area contributed by atoms with Crippen LogP contribution in [0.4, 0.5) is 38.0 Å². The number of hydrogen-bond acceptors (Lipinski definition) is 14. The molecule has 0 aliphatic carbocycles. The maximum Gasteiger partial charge on any atom is 0.323 e. The molecule has 4 aromatic carbocycles. The van der Waals surface area contributed by atoms with Crippen molar-refractivity contribution in [2.24, 2.45) is 0 Å². The Bertz CT molecular complexity index is 1810. The van der Waals surface area contributed by atoms with Gasteiger partial charge in [0, 0.05) is 42.0 Å². The van der Waals surface area contributed by atoms with Crippen molar-refractivity contribution in [3.8, 4) is 0 Å². The lowest BCUT2D eigenvalue weighted by Crippen LogP contribution is -2.64. The van der Waals surface area contributed by atoms with E-state index >= 15 is 0 Å². The first-order valence-electron chi connectivity index (χ1n) is 18.2. The van der Waals surface area contributed by atoms with Crippen LogP contribution in [0.25, 0.3) is 0 Å². The summed E-state index contributed by atoms with van der Waals surface area (Å²) in [6, 6.07) is 31.2. The van der Waals surface area contributed by atoms with E-state index in [4.69, 9.17) is 25.1 Å².